The first-order chi connectivity index (χ1) is 6.24. The first-order valence-electron chi connectivity index (χ1n) is 4.38. The van der Waals surface area contributed by atoms with E-state index in [1.54, 1.807) is 0 Å². The van der Waals surface area contributed by atoms with Gasteiger partial charge in [0.1, 0.15) is 0 Å². The third-order valence-corrected chi connectivity index (χ3v) is 2.38. The highest BCUT2D eigenvalue weighted by Crippen LogP contribution is 2.19. The minimum Gasteiger partial charge on any atom is -0.384 e. The summed E-state index contributed by atoms with van der Waals surface area (Å²) in [6.45, 7) is 4.04. The molecule has 1 aromatic carbocycles. The van der Waals surface area contributed by atoms with Gasteiger partial charge >= 0.3 is 0 Å². The molecule has 0 unspecified atom stereocenters. The molecule has 0 saturated heterocycles. The van der Waals surface area contributed by atoms with Gasteiger partial charge in [-0.25, -0.2) is 0 Å². The summed E-state index contributed by atoms with van der Waals surface area (Å²) < 4.78 is 1.12. The molecule has 1 rings (SSSR count). The molecule has 3 heteroatoms. The Balaban J connectivity index is 2.59. The van der Waals surface area contributed by atoms with Gasteiger partial charge in [-0.05, 0) is 31.7 Å². The van der Waals surface area contributed by atoms with Crippen LogP contribution in [0.15, 0.2) is 22.7 Å². The lowest BCUT2D eigenvalue weighted by atomic mass is 10.2. The Labute approximate surface area is 87.9 Å². The number of hydrogen-bond donors (Lipinski definition) is 2. The Morgan fingerprint density at radius 3 is 2.77 bits per heavy atom. The number of anilines is 1. The molecule has 0 aliphatic heterocycles. The van der Waals surface area contributed by atoms with Crippen molar-refractivity contribution in [2.24, 2.45) is 0 Å². The first-order valence-corrected chi connectivity index (χ1v) is 5.18. The fourth-order valence-electron chi connectivity index (χ4n) is 1.11. The Morgan fingerprint density at radius 2 is 2.08 bits per heavy atom. The molecule has 0 bridgehead atoms. The quantitative estimate of drug-likeness (QED) is 0.793. The van der Waals surface area contributed by atoms with Gasteiger partial charge in [-0.3, -0.25) is 0 Å². The third-order valence-electron chi connectivity index (χ3n) is 1.89. The van der Waals surface area contributed by atoms with E-state index in [0.717, 1.165) is 17.6 Å². The average molecular weight is 243 g/mol. The van der Waals surface area contributed by atoms with Crippen LogP contribution >= 0.6 is 15.9 Å². The molecule has 0 atom stereocenters. The van der Waals surface area contributed by atoms with Crippen LogP contribution in [0, 0.1) is 6.92 Å². The molecule has 1 aromatic rings. The molecule has 0 aliphatic rings. The molecule has 0 radical (unpaired) electrons. The zero-order valence-electron chi connectivity index (χ0n) is 8.02. The largest absolute Gasteiger partial charge is 0.384 e. The van der Waals surface area contributed by atoms with Crippen molar-refractivity contribution >= 4 is 21.6 Å². The van der Waals surface area contributed by atoms with Crippen LogP contribution < -0.4 is 10.6 Å². The van der Waals surface area contributed by atoms with E-state index in [-0.39, 0.29) is 0 Å². The lowest BCUT2D eigenvalue weighted by molar-refractivity contribution is 0.823. The molecular weight excluding hydrogens is 228 g/mol. The topological polar surface area (TPSA) is 24.1 Å². The van der Waals surface area contributed by atoms with Crippen molar-refractivity contribution < 1.29 is 0 Å². The third kappa shape index (κ3) is 3.36. The summed E-state index contributed by atoms with van der Waals surface area (Å²) in [5.74, 6) is 0. The molecule has 0 aliphatic carbocycles. The molecule has 72 valence electrons. The van der Waals surface area contributed by atoms with Crippen molar-refractivity contribution in [2.75, 3.05) is 25.5 Å². The number of aryl methyl sites for hydroxylation is 1. The fraction of sp³-hybridized carbons (Fsp3) is 0.400. The zero-order valence-corrected chi connectivity index (χ0v) is 9.61. The normalized spacial score (nSPS) is 10.1. The van der Waals surface area contributed by atoms with Crippen molar-refractivity contribution in [1.82, 2.24) is 5.32 Å². The number of nitrogens with one attached hydrogen (secondary N) is 2. The van der Waals surface area contributed by atoms with Gasteiger partial charge in [0.25, 0.3) is 0 Å². The summed E-state index contributed by atoms with van der Waals surface area (Å²) in [7, 11) is 1.95. The monoisotopic (exact) mass is 242 g/mol. The second kappa shape index (κ2) is 5.25. The van der Waals surface area contributed by atoms with E-state index in [9.17, 15) is 0 Å². The predicted octanol–water partition coefficient (Wildman–Crippen LogP) is 2.39. The highest BCUT2D eigenvalue weighted by Gasteiger charge is 1.96. The van der Waals surface area contributed by atoms with Gasteiger partial charge in [0.05, 0.1) is 0 Å². The fourth-order valence-corrected chi connectivity index (χ4v) is 1.47. The standard InChI is InChI=1S/C10H15BrN2/c1-8-3-4-9(11)7-10(8)13-6-5-12-2/h3-4,7,12-13H,5-6H2,1-2H3. The number of rotatable bonds is 4. The Morgan fingerprint density at radius 1 is 1.31 bits per heavy atom. The molecule has 0 saturated carbocycles. The van der Waals surface area contributed by atoms with Crippen molar-refractivity contribution in [1.29, 1.82) is 0 Å². The van der Waals surface area contributed by atoms with Crippen LogP contribution in [-0.2, 0) is 0 Å². The zero-order chi connectivity index (χ0) is 9.68. The Kier molecular flexibility index (Phi) is 4.25. The second-order valence-corrected chi connectivity index (χ2v) is 3.91. The van der Waals surface area contributed by atoms with Crippen molar-refractivity contribution in [3.05, 3.63) is 28.2 Å². The molecule has 0 spiro atoms. The number of hydrogen-bond acceptors (Lipinski definition) is 2. The van der Waals surface area contributed by atoms with Crippen LogP contribution in [0.3, 0.4) is 0 Å². The van der Waals surface area contributed by atoms with E-state index in [1.165, 1.54) is 11.3 Å². The number of halogens is 1. The highest BCUT2D eigenvalue weighted by molar-refractivity contribution is 9.10. The maximum atomic E-state index is 3.45. The lowest BCUT2D eigenvalue weighted by Crippen LogP contribution is -2.18. The molecule has 0 fully saturated rings. The summed E-state index contributed by atoms with van der Waals surface area (Å²) in [5.41, 5.74) is 2.48. The molecular formula is C10H15BrN2. The van der Waals surface area contributed by atoms with Gasteiger partial charge < -0.3 is 10.6 Å². The van der Waals surface area contributed by atoms with Gasteiger partial charge in [0.15, 0.2) is 0 Å². The molecule has 0 aromatic heterocycles. The molecule has 2 N–H and O–H groups in total. The maximum absolute atomic E-state index is 3.45. The van der Waals surface area contributed by atoms with Crippen LogP contribution in [-0.4, -0.2) is 20.1 Å². The Hall–Kier alpha value is -0.540. The van der Waals surface area contributed by atoms with Crippen molar-refractivity contribution in [3.63, 3.8) is 0 Å². The number of likely N-dealkylation sites (N-methyl/N-ethyl adjacent to an activating group) is 1. The summed E-state index contributed by atoms with van der Waals surface area (Å²) in [6.07, 6.45) is 0. The van der Waals surface area contributed by atoms with Crippen LogP contribution in [0.2, 0.25) is 0 Å². The molecule has 2 nitrogen and oxygen atoms in total. The predicted molar refractivity (Wildman–Crippen MR) is 61.3 cm³/mol. The smallest absolute Gasteiger partial charge is 0.0381 e. The summed E-state index contributed by atoms with van der Waals surface area (Å²) in [4.78, 5) is 0. The van der Waals surface area contributed by atoms with Crippen LogP contribution in [0.4, 0.5) is 5.69 Å². The van der Waals surface area contributed by atoms with Crippen LogP contribution in [0.5, 0.6) is 0 Å². The second-order valence-electron chi connectivity index (χ2n) is 2.99. The van der Waals surface area contributed by atoms with Gasteiger partial charge in [-0.15, -0.1) is 0 Å². The maximum Gasteiger partial charge on any atom is 0.0381 e. The van der Waals surface area contributed by atoms with Gasteiger partial charge in [0.2, 0.25) is 0 Å². The van der Waals surface area contributed by atoms with Crippen LogP contribution in [0.1, 0.15) is 5.56 Å². The van der Waals surface area contributed by atoms with E-state index in [2.05, 4.69) is 51.7 Å². The summed E-state index contributed by atoms with van der Waals surface area (Å²) in [5, 5.41) is 6.46. The van der Waals surface area contributed by atoms with Gasteiger partial charge in [-0.2, -0.15) is 0 Å². The SMILES string of the molecule is CNCCNc1cc(Br)ccc1C. The van der Waals surface area contributed by atoms with Crippen molar-refractivity contribution in [3.8, 4) is 0 Å². The molecule has 0 amide bonds. The lowest BCUT2D eigenvalue weighted by Gasteiger charge is -2.09. The van der Waals surface area contributed by atoms with Crippen molar-refractivity contribution in [2.45, 2.75) is 6.92 Å². The van der Waals surface area contributed by atoms with E-state index in [1.807, 2.05) is 7.05 Å². The van der Waals surface area contributed by atoms with E-state index in [0.29, 0.717) is 0 Å². The van der Waals surface area contributed by atoms with E-state index < -0.39 is 0 Å². The summed E-state index contributed by atoms with van der Waals surface area (Å²) in [6, 6.07) is 6.26. The van der Waals surface area contributed by atoms with Crippen LogP contribution in [0.25, 0.3) is 0 Å². The minimum atomic E-state index is 0.952. The Bertz CT molecular complexity index is 274. The average Bonchev–Trinajstić information content (AvgIpc) is 2.11. The molecule has 0 heterocycles. The van der Waals surface area contributed by atoms with E-state index >= 15 is 0 Å². The first kappa shape index (κ1) is 10.5. The summed E-state index contributed by atoms with van der Waals surface area (Å²) >= 11 is 3.45. The van der Waals surface area contributed by atoms with E-state index in [4.69, 9.17) is 0 Å². The van der Waals surface area contributed by atoms with Gasteiger partial charge in [-0.1, -0.05) is 22.0 Å². The minimum absolute atomic E-state index is 0.952. The highest BCUT2D eigenvalue weighted by atomic mass is 79.9. The molecule has 13 heavy (non-hydrogen) atoms. The number of benzene rings is 1. The van der Waals surface area contributed by atoms with Gasteiger partial charge in [0, 0.05) is 23.2 Å².